The molecule has 0 saturated heterocycles. The van der Waals surface area contributed by atoms with Gasteiger partial charge in [0, 0.05) is 0 Å². The first-order valence-electron chi connectivity index (χ1n) is 8.37. The first-order valence-corrected chi connectivity index (χ1v) is 9.85. The lowest BCUT2D eigenvalue weighted by Gasteiger charge is -2.19. The number of rotatable bonds is 7. The number of ether oxygens (including phenoxy) is 1. The molecule has 0 heterocycles. The molecule has 27 heavy (non-hydrogen) atoms. The van der Waals surface area contributed by atoms with Gasteiger partial charge in [0.15, 0.2) is 0 Å². The van der Waals surface area contributed by atoms with E-state index in [0.717, 1.165) is 0 Å². The molecule has 0 aliphatic carbocycles. The molecule has 8 heteroatoms. The number of amides is 1. The Hall–Kier alpha value is -2.45. The summed E-state index contributed by atoms with van der Waals surface area (Å²) < 4.78 is 45.5. The van der Waals surface area contributed by atoms with E-state index in [0.29, 0.717) is 16.9 Å². The zero-order chi connectivity index (χ0) is 20.2. The third-order valence-electron chi connectivity index (χ3n) is 4.13. The van der Waals surface area contributed by atoms with E-state index in [1.807, 2.05) is 0 Å². The number of sulfonamides is 1. The summed E-state index contributed by atoms with van der Waals surface area (Å²) in [6, 6.07) is 8.81. The minimum atomic E-state index is -3.87. The predicted molar refractivity (Wildman–Crippen MR) is 100 cm³/mol. The number of carbonyl (C=O) groups excluding carboxylic acids is 1. The number of carbonyl (C=O) groups is 1. The average Bonchev–Trinajstić information content (AvgIpc) is 2.61. The van der Waals surface area contributed by atoms with Crippen molar-refractivity contribution in [1.29, 1.82) is 0 Å². The molecule has 0 bridgehead atoms. The summed E-state index contributed by atoms with van der Waals surface area (Å²) in [5.41, 5.74) is 1.38. The molecule has 0 aliphatic heterocycles. The highest BCUT2D eigenvalue weighted by Crippen LogP contribution is 2.21. The van der Waals surface area contributed by atoms with Gasteiger partial charge < -0.3 is 10.1 Å². The molecular formula is C19H23FN2O4S. The number of nitrogens with one attached hydrogen (secondary N) is 2. The Morgan fingerprint density at radius 3 is 2.30 bits per heavy atom. The normalized spacial score (nSPS) is 13.7. The van der Waals surface area contributed by atoms with Crippen LogP contribution < -0.4 is 14.8 Å². The highest BCUT2D eigenvalue weighted by atomic mass is 32.2. The van der Waals surface area contributed by atoms with Crippen molar-refractivity contribution in [3.8, 4) is 5.75 Å². The van der Waals surface area contributed by atoms with Gasteiger partial charge in [-0.05, 0) is 62.2 Å². The van der Waals surface area contributed by atoms with Gasteiger partial charge in [0.05, 0.1) is 24.1 Å². The van der Waals surface area contributed by atoms with Crippen LogP contribution in [0, 0.1) is 12.7 Å². The van der Waals surface area contributed by atoms with Crippen molar-refractivity contribution in [1.82, 2.24) is 10.0 Å². The monoisotopic (exact) mass is 394 g/mol. The van der Waals surface area contributed by atoms with Crippen molar-refractivity contribution in [2.75, 3.05) is 7.11 Å². The second-order valence-corrected chi connectivity index (χ2v) is 7.97. The van der Waals surface area contributed by atoms with E-state index in [4.69, 9.17) is 4.74 Å². The maximum atomic E-state index is 13.0. The molecule has 0 aliphatic rings. The van der Waals surface area contributed by atoms with Crippen LogP contribution in [0.4, 0.5) is 4.39 Å². The SMILES string of the molecule is COc1ccc(S(=O)(=O)N[C@H](C)C(=O)N[C@@H](C)c2ccc(F)cc2)cc1C. The van der Waals surface area contributed by atoms with Gasteiger partial charge >= 0.3 is 0 Å². The molecule has 0 saturated carbocycles. The van der Waals surface area contributed by atoms with E-state index >= 15 is 0 Å². The number of hydrogen-bond acceptors (Lipinski definition) is 4. The minimum Gasteiger partial charge on any atom is -0.496 e. The van der Waals surface area contributed by atoms with Crippen LogP contribution in [0.1, 0.15) is 31.0 Å². The van der Waals surface area contributed by atoms with Gasteiger partial charge in [0.2, 0.25) is 15.9 Å². The molecule has 2 N–H and O–H groups in total. The minimum absolute atomic E-state index is 0.0482. The zero-order valence-electron chi connectivity index (χ0n) is 15.6. The van der Waals surface area contributed by atoms with Crippen molar-refractivity contribution >= 4 is 15.9 Å². The molecule has 146 valence electrons. The third kappa shape index (κ3) is 5.27. The number of aryl methyl sites for hydroxylation is 1. The lowest BCUT2D eigenvalue weighted by atomic mass is 10.1. The molecule has 2 rings (SSSR count). The summed E-state index contributed by atoms with van der Waals surface area (Å²) in [5, 5.41) is 2.71. The second-order valence-electron chi connectivity index (χ2n) is 6.26. The standard InChI is InChI=1S/C19H23FN2O4S/c1-12-11-17(9-10-18(12)26-4)27(24,25)22-14(3)19(23)21-13(2)15-5-7-16(20)8-6-15/h5-11,13-14,22H,1-4H3,(H,21,23)/t13-,14+/m0/s1. The molecule has 6 nitrogen and oxygen atoms in total. The Kier molecular flexibility index (Phi) is 6.56. The molecular weight excluding hydrogens is 371 g/mol. The molecule has 0 spiro atoms. The topological polar surface area (TPSA) is 84.5 Å². The molecule has 0 unspecified atom stereocenters. The van der Waals surface area contributed by atoms with E-state index in [2.05, 4.69) is 10.0 Å². The van der Waals surface area contributed by atoms with Crippen molar-refractivity contribution < 1.29 is 22.3 Å². The van der Waals surface area contributed by atoms with E-state index in [-0.39, 0.29) is 10.7 Å². The number of hydrogen-bond donors (Lipinski definition) is 2. The highest BCUT2D eigenvalue weighted by Gasteiger charge is 2.23. The van der Waals surface area contributed by atoms with Crippen LogP contribution in [-0.2, 0) is 14.8 Å². The Morgan fingerprint density at radius 2 is 1.74 bits per heavy atom. The number of halogens is 1. The van der Waals surface area contributed by atoms with Gasteiger partial charge in [-0.15, -0.1) is 0 Å². The van der Waals surface area contributed by atoms with Crippen LogP contribution in [0.5, 0.6) is 5.75 Å². The summed E-state index contributed by atoms with van der Waals surface area (Å²) in [7, 11) is -2.37. The van der Waals surface area contributed by atoms with E-state index < -0.39 is 28.0 Å². The van der Waals surface area contributed by atoms with Crippen molar-refractivity contribution in [3.05, 3.63) is 59.4 Å². The first kappa shape index (κ1) is 20.9. The highest BCUT2D eigenvalue weighted by molar-refractivity contribution is 7.89. The summed E-state index contributed by atoms with van der Waals surface area (Å²) in [6.07, 6.45) is 0. The predicted octanol–water partition coefficient (Wildman–Crippen LogP) is 2.69. The van der Waals surface area contributed by atoms with Crippen LogP contribution in [0.3, 0.4) is 0 Å². The zero-order valence-corrected chi connectivity index (χ0v) is 16.4. The molecule has 2 aromatic carbocycles. The van der Waals surface area contributed by atoms with Gasteiger partial charge in [-0.2, -0.15) is 4.72 Å². The Balaban J connectivity index is 2.06. The maximum Gasteiger partial charge on any atom is 0.241 e. The molecule has 2 atom stereocenters. The van der Waals surface area contributed by atoms with Gasteiger partial charge in [-0.3, -0.25) is 4.79 Å². The molecule has 0 aromatic heterocycles. The average molecular weight is 394 g/mol. The van der Waals surface area contributed by atoms with E-state index in [9.17, 15) is 17.6 Å². The van der Waals surface area contributed by atoms with Crippen molar-refractivity contribution in [3.63, 3.8) is 0 Å². The largest absolute Gasteiger partial charge is 0.496 e. The quantitative estimate of drug-likeness (QED) is 0.756. The van der Waals surface area contributed by atoms with E-state index in [1.54, 1.807) is 32.0 Å². The summed E-state index contributed by atoms with van der Waals surface area (Å²) in [6.45, 7) is 4.93. The summed E-state index contributed by atoms with van der Waals surface area (Å²) in [4.78, 5) is 12.4. The first-order chi connectivity index (χ1) is 12.6. The Bertz CT molecular complexity index is 914. The smallest absolute Gasteiger partial charge is 0.241 e. The second kappa shape index (κ2) is 8.49. The number of methoxy groups -OCH3 is 1. The Labute approximate surface area is 158 Å². The molecule has 0 fully saturated rings. The Morgan fingerprint density at radius 1 is 1.11 bits per heavy atom. The van der Waals surface area contributed by atoms with Gasteiger partial charge in [0.1, 0.15) is 11.6 Å². The fraction of sp³-hybridized carbons (Fsp3) is 0.316. The lowest BCUT2D eigenvalue weighted by molar-refractivity contribution is -0.123. The van der Waals surface area contributed by atoms with Gasteiger partial charge in [-0.1, -0.05) is 12.1 Å². The van der Waals surface area contributed by atoms with Crippen molar-refractivity contribution in [2.45, 2.75) is 37.8 Å². The maximum absolute atomic E-state index is 13.0. The van der Waals surface area contributed by atoms with Crippen LogP contribution in [0.2, 0.25) is 0 Å². The molecule has 1 amide bonds. The van der Waals surface area contributed by atoms with Crippen LogP contribution in [0.15, 0.2) is 47.4 Å². The van der Waals surface area contributed by atoms with Crippen LogP contribution in [0.25, 0.3) is 0 Å². The van der Waals surface area contributed by atoms with Crippen LogP contribution >= 0.6 is 0 Å². The third-order valence-corrected chi connectivity index (χ3v) is 5.67. The van der Waals surface area contributed by atoms with Gasteiger partial charge in [0.25, 0.3) is 0 Å². The van der Waals surface area contributed by atoms with E-state index in [1.165, 1.54) is 38.3 Å². The lowest BCUT2D eigenvalue weighted by Crippen LogP contribution is -2.45. The van der Waals surface area contributed by atoms with Crippen LogP contribution in [-0.4, -0.2) is 27.5 Å². The molecule has 0 radical (unpaired) electrons. The summed E-state index contributed by atoms with van der Waals surface area (Å²) in [5.74, 6) is -0.276. The fourth-order valence-electron chi connectivity index (χ4n) is 2.55. The number of benzene rings is 2. The van der Waals surface area contributed by atoms with Gasteiger partial charge in [-0.25, -0.2) is 12.8 Å². The van der Waals surface area contributed by atoms with Crippen molar-refractivity contribution in [2.24, 2.45) is 0 Å². The fourth-order valence-corrected chi connectivity index (χ4v) is 3.83. The molecule has 2 aromatic rings. The summed E-state index contributed by atoms with van der Waals surface area (Å²) >= 11 is 0.